The van der Waals surface area contributed by atoms with Crippen LogP contribution in [0, 0.1) is 0 Å². The minimum absolute atomic E-state index is 0.0892. The third kappa shape index (κ3) is 6.07. The van der Waals surface area contributed by atoms with E-state index in [2.05, 4.69) is 25.9 Å². The Morgan fingerprint density at radius 3 is 2.42 bits per heavy atom. The quantitative estimate of drug-likeness (QED) is 0.265. The van der Waals surface area contributed by atoms with Gasteiger partial charge in [0.1, 0.15) is 5.82 Å². The van der Waals surface area contributed by atoms with Gasteiger partial charge >= 0.3 is 0 Å². The third-order valence-corrected chi connectivity index (χ3v) is 10.0. The molecule has 0 aliphatic carbocycles. The topological polar surface area (TPSA) is 122 Å². The summed E-state index contributed by atoms with van der Waals surface area (Å²) in [6, 6.07) is 21.8. The first-order valence-electron chi connectivity index (χ1n) is 12.1. The number of benzene rings is 3. The molecule has 8 nitrogen and oxygen atoms in total. The van der Waals surface area contributed by atoms with Gasteiger partial charge < -0.3 is 21.7 Å². The van der Waals surface area contributed by atoms with Gasteiger partial charge in [-0.2, -0.15) is 4.98 Å². The Balaban J connectivity index is 1.39. The highest BCUT2D eigenvalue weighted by molar-refractivity contribution is 8.56. The summed E-state index contributed by atoms with van der Waals surface area (Å²) in [6.45, 7) is 0. The number of para-hydroxylation sites is 2. The number of amides is 2. The predicted octanol–water partition coefficient (Wildman–Crippen LogP) is 4.19. The number of hydrogen-bond acceptors (Lipinski definition) is 8. The van der Waals surface area contributed by atoms with Crippen LogP contribution < -0.4 is 21.7 Å². The predicted molar refractivity (Wildman–Crippen MR) is 160 cm³/mol. The van der Waals surface area contributed by atoms with Crippen molar-refractivity contribution in [3.63, 3.8) is 0 Å². The van der Waals surface area contributed by atoms with E-state index in [1.165, 1.54) is 0 Å². The number of rotatable bonds is 7. The van der Waals surface area contributed by atoms with Crippen molar-refractivity contribution < 1.29 is 9.59 Å². The first-order chi connectivity index (χ1) is 18.3. The Labute approximate surface area is 230 Å². The van der Waals surface area contributed by atoms with Gasteiger partial charge in [-0.25, -0.2) is 4.98 Å². The molecule has 38 heavy (non-hydrogen) atoms. The average molecular weight is 563 g/mol. The van der Waals surface area contributed by atoms with Crippen molar-refractivity contribution in [1.29, 1.82) is 0 Å². The van der Waals surface area contributed by atoms with E-state index in [4.69, 9.17) is 28.1 Å². The summed E-state index contributed by atoms with van der Waals surface area (Å²) in [5.74, 6) is 1.82. The van der Waals surface area contributed by atoms with Crippen LogP contribution in [0.25, 0.3) is 10.9 Å². The number of hydrogen-bond donors (Lipinski definition) is 4. The standard InChI is InChI=1S/C27H26N6O2S3/c28-24(34)20-8-1-3-10-22(20)31-25-21-9-2-4-11-23(21)32-27(33-25)30-19-7-5-6-17(16-19)26(35)29-18-12-14-38(36,37)15-13-18/h1-11,16,18H,12-15H2,(H2,28,34)(H,29,35)(H2,30,31,32,33). The molecule has 1 aliphatic heterocycles. The van der Waals surface area contributed by atoms with Crippen LogP contribution in [0.2, 0.25) is 0 Å². The normalized spacial score (nSPS) is 15.1. The van der Waals surface area contributed by atoms with Gasteiger partial charge in [0.05, 0.1) is 16.8 Å². The number of nitrogens with two attached hydrogens (primary N) is 1. The molecule has 0 radical (unpaired) electrons. The SMILES string of the molecule is NC(=O)c1ccccc1Nc1nc(Nc2cccc(C(=O)NC3CCS(=S)(=S)CC3)c2)nc2ccccc12. The first-order valence-corrected chi connectivity index (χ1v) is 15.9. The van der Waals surface area contributed by atoms with Gasteiger partial charge in [0.2, 0.25) is 5.95 Å². The molecular weight excluding hydrogens is 537 g/mol. The minimum atomic E-state index is -1.34. The van der Waals surface area contributed by atoms with E-state index in [1.54, 1.807) is 30.3 Å². The molecule has 2 heterocycles. The lowest BCUT2D eigenvalue weighted by Crippen LogP contribution is -2.40. The van der Waals surface area contributed by atoms with Crippen LogP contribution in [0.5, 0.6) is 0 Å². The van der Waals surface area contributed by atoms with E-state index in [-0.39, 0.29) is 11.9 Å². The highest BCUT2D eigenvalue weighted by atomic mass is 33.1. The largest absolute Gasteiger partial charge is 0.366 e. The molecule has 1 aliphatic rings. The molecular formula is C27H26N6O2S3. The zero-order chi connectivity index (χ0) is 26.7. The Kier molecular flexibility index (Phi) is 7.50. The van der Waals surface area contributed by atoms with E-state index in [0.717, 1.165) is 29.7 Å². The molecule has 0 atom stereocenters. The zero-order valence-electron chi connectivity index (χ0n) is 20.3. The smallest absolute Gasteiger partial charge is 0.251 e. The fourth-order valence-corrected chi connectivity index (χ4v) is 6.98. The lowest BCUT2D eigenvalue weighted by Gasteiger charge is -2.26. The van der Waals surface area contributed by atoms with Crippen LogP contribution in [0.3, 0.4) is 0 Å². The summed E-state index contributed by atoms with van der Waals surface area (Å²) in [5.41, 5.74) is 8.36. The molecule has 1 aromatic heterocycles. The van der Waals surface area contributed by atoms with Crippen LogP contribution in [-0.4, -0.2) is 39.3 Å². The first kappa shape index (κ1) is 26.0. The monoisotopic (exact) mass is 562 g/mol. The van der Waals surface area contributed by atoms with Crippen molar-refractivity contribution >= 4 is 75.4 Å². The van der Waals surface area contributed by atoms with Crippen LogP contribution in [0.15, 0.2) is 72.8 Å². The maximum atomic E-state index is 12.9. The van der Waals surface area contributed by atoms with Gasteiger partial charge in [0, 0.05) is 34.2 Å². The second kappa shape index (κ2) is 11.0. The van der Waals surface area contributed by atoms with Gasteiger partial charge in [0.25, 0.3) is 11.8 Å². The van der Waals surface area contributed by atoms with Gasteiger partial charge in [-0.1, -0.05) is 37.5 Å². The van der Waals surface area contributed by atoms with Crippen molar-refractivity contribution in [2.45, 2.75) is 18.9 Å². The summed E-state index contributed by atoms with van der Waals surface area (Å²) >= 11 is 10.9. The Hall–Kier alpha value is -3.67. The van der Waals surface area contributed by atoms with E-state index in [0.29, 0.717) is 39.8 Å². The summed E-state index contributed by atoms with van der Waals surface area (Å²) in [6.07, 6.45) is 1.65. The highest BCUT2D eigenvalue weighted by Crippen LogP contribution is 2.28. The summed E-state index contributed by atoms with van der Waals surface area (Å²) in [7, 11) is -1.34. The fraction of sp³-hybridized carbons (Fsp3) is 0.185. The molecule has 2 amide bonds. The number of aromatic nitrogens is 2. The molecule has 1 fully saturated rings. The molecule has 5 rings (SSSR count). The number of anilines is 4. The van der Waals surface area contributed by atoms with Gasteiger partial charge in [0.15, 0.2) is 0 Å². The van der Waals surface area contributed by atoms with Crippen LogP contribution in [-0.2, 0) is 29.5 Å². The molecule has 11 heteroatoms. The fourth-order valence-electron chi connectivity index (χ4n) is 4.33. The van der Waals surface area contributed by atoms with Crippen LogP contribution >= 0.6 is 0 Å². The molecule has 1 saturated heterocycles. The summed E-state index contributed by atoms with van der Waals surface area (Å²) in [4.78, 5) is 34.2. The molecule has 194 valence electrons. The van der Waals surface area contributed by atoms with Crippen molar-refractivity contribution in [2.75, 3.05) is 22.1 Å². The molecule has 5 N–H and O–H groups in total. The van der Waals surface area contributed by atoms with Crippen molar-refractivity contribution in [2.24, 2.45) is 5.73 Å². The number of primary amides is 1. The van der Waals surface area contributed by atoms with Crippen molar-refractivity contribution in [3.05, 3.63) is 83.9 Å². The number of nitrogens with one attached hydrogen (secondary N) is 3. The maximum absolute atomic E-state index is 12.9. The maximum Gasteiger partial charge on any atom is 0.251 e. The van der Waals surface area contributed by atoms with E-state index in [9.17, 15) is 9.59 Å². The van der Waals surface area contributed by atoms with E-state index in [1.807, 2.05) is 42.5 Å². The van der Waals surface area contributed by atoms with Crippen molar-refractivity contribution in [1.82, 2.24) is 15.3 Å². The number of carbonyl (C=O) groups excluding carboxylic acids is 2. The number of fused-ring (bicyclic) bond motifs is 1. The summed E-state index contributed by atoms with van der Waals surface area (Å²) in [5, 5.41) is 10.3. The third-order valence-electron chi connectivity index (χ3n) is 6.32. The van der Waals surface area contributed by atoms with Gasteiger partial charge in [-0.15, -0.1) is 0 Å². The number of carbonyl (C=O) groups is 2. The van der Waals surface area contributed by atoms with E-state index < -0.39 is 13.1 Å². The Bertz CT molecular complexity index is 1630. The second-order valence-corrected chi connectivity index (χ2v) is 15.8. The summed E-state index contributed by atoms with van der Waals surface area (Å²) < 4.78 is 0. The van der Waals surface area contributed by atoms with E-state index >= 15 is 0 Å². The molecule has 3 aromatic carbocycles. The molecule has 0 unspecified atom stereocenters. The Morgan fingerprint density at radius 2 is 1.63 bits per heavy atom. The van der Waals surface area contributed by atoms with Gasteiger partial charge in [-0.05, 0) is 77.7 Å². The molecule has 4 aromatic rings. The second-order valence-electron chi connectivity index (χ2n) is 9.05. The van der Waals surface area contributed by atoms with Gasteiger partial charge in [-0.3, -0.25) is 9.59 Å². The molecule has 0 saturated carbocycles. The van der Waals surface area contributed by atoms with Crippen LogP contribution in [0.4, 0.5) is 23.1 Å². The van der Waals surface area contributed by atoms with Crippen LogP contribution in [0.1, 0.15) is 33.6 Å². The van der Waals surface area contributed by atoms with Crippen molar-refractivity contribution in [3.8, 4) is 0 Å². The minimum Gasteiger partial charge on any atom is -0.366 e. The number of nitrogens with zero attached hydrogens (tertiary/aromatic N) is 2. The zero-order valence-corrected chi connectivity index (χ0v) is 22.8. The molecule has 0 bridgehead atoms. The molecule has 0 spiro atoms. The lowest BCUT2D eigenvalue weighted by molar-refractivity contribution is 0.0933. The average Bonchev–Trinajstić information content (AvgIpc) is 2.90. The highest BCUT2D eigenvalue weighted by Gasteiger charge is 2.21. The Morgan fingerprint density at radius 1 is 0.895 bits per heavy atom. The lowest BCUT2D eigenvalue weighted by atomic mass is 10.1.